The Morgan fingerprint density at radius 3 is 2.27 bits per heavy atom. The first kappa shape index (κ1) is 11.1. The number of hydrogen-bond donors (Lipinski definition) is 2. The van der Waals surface area contributed by atoms with Crippen molar-refractivity contribution in [2.24, 2.45) is 0 Å². The molecule has 0 amide bonds. The molecule has 0 aliphatic heterocycles. The first-order valence-corrected chi connectivity index (χ1v) is 5.34. The molecule has 0 fully saturated rings. The highest BCUT2D eigenvalue weighted by Gasteiger charge is 2.04. The van der Waals surface area contributed by atoms with Gasteiger partial charge in [-0.3, -0.25) is 0 Å². The monoisotopic (exact) mass is 176 g/mol. The highest BCUT2D eigenvalue weighted by atomic mass is 31.2. The maximum absolute atomic E-state index is 8.92. The van der Waals surface area contributed by atoms with Gasteiger partial charge in [0.1, 0.15) is 0 Å². The second-order valence-electron chi connectivity index (χ2n) is 2.52. The predicted octanol–water partition coefficient (Wildman–Crippen LogP) is 2.77. The van der Waals surface area contributed by atoms with E-state index < -0.39 is 8.38 Å². The van der Waals surface area contributed by atoms with Gasteiger partial charge in [0.25, 0.3) is 0 Å². The van der Waals surface area contributed by atoms with Gasteiger partial charge in [-0.05, 0) is 12.8 Å². The molecule has 0 aromatic carbocycles. The minimum Gasteiger partial charge on any atom is -0.347 e. The third kappa shape index (κ3) is 5.37. The molecule has 0 aliphatic rings. The van der Waals surface area contributed by atoms with E-state index in [1.165, 1.54) is 0 Å². The number of hydrogen-bond acceptors (Lipinski definition) is 2. The van der Waals surface area contributed by atoms with Gasteiger partial charge in [-0.15, -0.1) is 0 Å². The molecule has 2 N–H and O–H groups in total. The Morgan fingerprint density at radius 1 is 1.27 bits per heavy atom. The third-order valence-electron chi connectivity index (χ3n) is 1.43. The van der Waals surface area contributed by atoms with Gasteiger partial charge in [0.15, 0.2) is 8.38 Å². The maximum atomic E-state index is 8.92. The number of unbranched alkanes of at least 4 members (excludes halogenated alkanes) is 1. The van der Waals surface area contributed by atoms with Crippen LogP contribution in [0.5, 0.6) is 0 Å². The number of allylic oxidation sites excluding steroid dienone is 2. The van der Waals surface area contributed by atoms with Crippen molar-refractivity contribution in [1.29, 1.82) is 0 Å². The molecule has 0 rings (SSSR count). The van der Waals surface area contributed by atoms with Gasteiger partial charge in [0, 0.05) is 5.31 Å². The Morgan fingerprint density at radius 2 is 1.91 bits per heavy atom. The van der Waals surface area contributed by atoms with Gasteiger partial charge in [-0.2, -0.15) is 0 Å². The Kier molecular flexibility index (Phi) is 6.83. The third-order valence-corrected chi connectivity index (χ3v) is 2.35. The summed E-state index contributed by atoms with van der Waals surface area (Å²) in [6, 6.07) is 0. The van der Waals surface area contributed by atoms with Crippen LogP contribution in [0.15, 0.2) is 11.4 Å². The van der Waals surface area contributed by atoms with E-state index in [-0.39, 0.29) is 0 Å². The van der Waals surface area contributed by atoms with Gasteiger partial charge in [0.2, 0.25) is 0 Å². The van der Waals surface area contributed by atoms with Crippen LogP contribution in [-0.2, 0) is 0 Å². The van der Waals surface area contributed by atoms with Crippen molar-refractivity contribution in [3.05, 3.63) is 11.4 Å². The van der Waals surface area contributed by atoms with Crippen LogP contribution in [0.3, 0.4) is 0 Å². The molecule has 0 saturated carbocycles. The van der Waals surface area contributed by atoms with E-state index in [0.717, 1.165) is 31.0 Å². The van der Waals surface area contributed by atoms with Crippen molar-refractivity contribution < 1.29 is 9.79 Å². The molecule has 0 bridgehead atoms. The van der Waals surface area contributed by atoms with E-state index in [9.17, 15) is 0 Å². The summed E-state index contributed by atoms with van der Waals surface area (Å²) in [6.07, 6.45) is 5.77. The molecule has 0 unspecified atom stereocenters. The van der Waals surface area contributed by atoms with E-state index in [1.807, 2.05) is 13.0 Å². The van der Waals surface area contributed by atoms with E-state index in [1.54, 1.807) is 0 Å². The molecule has 0 saturated heterocycles. The molecule has 0 radical (unpaired) electrons. The second-order valence-corrected chi connectivity index (χ2v) is 3.68. The van der Waals surface area contributed by atoms with E-state index in [2.05, 4.69) is 6.92 Å². The Labute approximate surface area is 69.9 Å². The van der Waals surface area contributed by atoms with Crippen molar-refractivity contribution in [2.45, 2.75) is 39.5 Å². The molecule has 0 aliphatic carbocycles. The fourth-order valence-electron chi connectivity index (χ4n) is 0.851. The van der Waals surface area contributed by atoms with Crippen LogP contribution >= 0.6 is 8.38 Å². The van der Waals surface area contributed by atoms with E-state index >= 15 is 0 Å². The van der Waals surface area contributed by atoms with Crippen LogP contribution in [0.2, 0.25) is 0 Å². The fourth-order valence-corrected chi connectivity index (χ4v) is 1.57. The van der Waals surface area contributed by atoms with Crippen LogP contribution in [0.4, 0.5) is 0 Å². The Hall–Kier alpha value is 0.0900. The summed E-state index contributed by atoms with van der Waals surface area (Å²) in [4.78, 5) is 17.8. The summed E-state index contributed by atoms with van der Waals surface area (Å²) >= 11 is 0. The van der Waals surface area contributed by atoms with Crippen LogP contribution in [0, 0.1) is 0 Å². The van der Waals surface area contributed by atoms with Gasteiger partial charge in [-0.1, -0.05) is 32.8 Å². The summed E-state index contributed by atoms with van der Waals surface area (Å²) in [7, 11) is -1.82. The lowest BCUT2D eigenvalue weighted by atomic mass is 10.2. The summed E-state index contributed by atoms with van der Waals surface area (Å²) in [6.45, 7) is 4.12. The summed E-state index contributed by atoms with van der Waals surface area (Å²) < 4.78 is 0. The summed E-state index contributed by atoms with van der Waals surface area (Å²) in [5, 5.41) is 0.823. The molecule has 0 heterocycles. The molecular formula is C8H17O2P. The van der Waals surface area contributed by atoms with Gasteiger partial charge >= 0.3 is 0 Å². The minimum absolute atomic E-state index is 0.818. The normalized spacial score (nSPS) is 12.6. The fraction of sp³-hybridized carbons (Fsp3) is 0.750. The quantitative estimate of drug-likeness (QED) is 0.632. The SMILES string of the molecule is CCC/C=C(\CCC)P(O)O. The van der Waals surface area contributed by atoms with Crippen molar-refractivity contribution >= 4 is 8.38 Å². The molecule has 0 aromatic rings. The molecular weight excluding hydrogens is 159 g/mol. The van der Waals surface area contributed by atoms with E-state index in [4.69, 9.17) is 9.79 Å². The molecule has 11 heavy (non-hydrogen) atoms. The molecule has 0 atom stereocenters. The van der Waals surface area contributed by atoms with Crippen molar-refractivity contribution in [3.8, 4) is 0 Å². The van der Waals surface area contributed by atoms with Crippen molar-refractivity contribution in [3.63, 3.8) is 0 Å². The van der Waals surface area contributed by atoms with Crippen molar-refractivity contribution in [2.75, 3.05) is 0 Å². The standard InChI is InChI=1S/C8H17O2P/c1-3-5-7-8(6-4-2)11(9)10/h7,9-10H,3-6H2,1-2H3/b8-7+. The minimum atomic E-state index is -1.82. The molecule has 3 heteroatoms. The van der Waals surface area contributed by atoms with Crippen LogP contribution in [-0.4, -0.2) is 9.79 Å². The largest absolute Gasteiger partial charge is 0.347 e. The zero-order chi connectivity index (χ0) is 8.69. The smallest absolute Gasteiger partial charge is 0.194 e. The summed E-state index contributed by atoms with van der Waals surface area (Å²) in [5.41, 5.74) is 0. The average Bonchev–Trinajstić information content (AvgIpc) is 1.97. The molecule has 0 spiro atoms. The molecule has 2 nitrogen and oxygen atoms in total. The van der Waals surface area contributed by atoms with Crippen molar-refractivity contribution in [1.82, 2.24) is 0 Å². The Bertz CT molecular complexity index is 121. The average molecular weight is 176 g/mol. The lowest BCUT2D eigenvalue weighted by molar-refractivity contribution is 0.489. The number of rotatable bonds is 5. The van der Waals surface area contributed by atoms with E-state index in [0.29, 0.717) is 0 Å². The first-order valence-electron chi connectivity index (χ1n) is 4.09. The lowest BCUT2D eigenvalue weighted by Crippen LogP contribution is -1.81. The molecule has 0 aromatic heterocycles. The van der Waals surface area contributed by atoms with Gasteiger partial charge in [-0.25, -0.2) is 0 Å². The van der Waals surface area contributed by atoms with Crippen LogP contribution in [0.1, 0.15) is 39.5 Å². The first-order chi connectivity index (χ1) is 5.22. The maximum Gasteiger partial charge on any atom is 0.194 e. The highest BCUT2D eigenvalue weighted by molar-refractivity contribution is 7.50. The Balaban J connectivity index is 3.86. The van der Waals surface area contributed by atoms with Crippen LogP contribution in [0.25, 0.3) is 0 Å². The zero-order valence-corrected chi connectivity index (χ0v) is 8.14. The van der Waals surface area contributed by atoms with Gasteiger partial charge in [0.05, 0.1) is 0 Å². The highest BCUT2D eigenvalue weighted by Crippen LogP contribution is 2.38. The predicted molar refractivity (Wildman–Crippen MR) is 49.3 cm³/mol. The second kappa shape index (κ2) is 6.78. The van der Waals surface area contributed by atoms with Crippen LogP contribution < -0.4 is 0 Å². The zero-order valence-electron chi connectivity index (χ0n) is 7.25. The summed E-state index contributed by atoms with van der Waals surface area (Å²) in [5.74, 6) is 0. The molecule has 66 valence electrons. The van der Waals surface area contributed by atoms with Gasteiger partial charge < -0.3 is 9.79 Å². The lowest BCUT2D eigenvalue weighted by Gasteiger charge is -2.06. The topological polar surface area (TPSA) is 40.5 Å².